The van der Waals surface area contributed by atoms with E-state index in [0.717, 1.165) is 4.57 Å². The van der Waals surface area contributed by atoms with Gasteiger partial charge in [0, 0.05) is 6.20 Å². The molecule has 20 heteroatoms. The number of phosphoric ester groups is 1. The Morgan fingerprint density at radius 1 is 1.27 bits per heavy atom. The monoisotopic (exact) mass is 515 g/mol. The number of ether oxygens (including phenoxy) is 1. The number of anilines is 1. The van der Waals surface area contributed by atoms with Gasteiger partial charge in [0.25, 0.3) is 0 Å². The molecule has 1 aliphatic rings. The number of hydrogen-bond acceptors (Lipinski definition) is 11. The number of hydrogen-bond donors (Lipinski definition) is 6. The van der Waals surface area contributed by atoms with Crippen molar-refractivity contribution in [3.63, 3.8) is 0 Å². The predicted octanol–water partition coefficient (Wildman–Crippen LogP) is -0.575. The first kappa shape index (κ1) is 25.6. The van der Waals surface area contributed by atoms with E-state index in [2.05, 4.69) is 18.1 Å². The summed E-state index contributed by atoms with van der Waals surface area (Å²) in [4.78, 5) is 49.4. The number of nitrogen functional groups attached to an aromatic ring is 1. The Kier molecular flexibility index (Phi) is 7.39. The van der Waals surface area contributed by atoms with Crippen molar-refractivity contribution in [3.05, 3.63) is 22.7 Å². The predicted molar refractivity (Wildman–Crippen MR) is 96.9 cm³/mol. The van der Waals surface area contributed by atoms with Crippen LogP contribution in [0, 0.1) is 0 Å². The third kappa shape index (κ3) is 6.40. The smallest absolute Gasteiger partial charge is 0.388 e. The van der Waals surface area contributed by atoms with Crippen LogP contribution in [0.4, 0.5) is 5.82 Å². The molecule has 2 heterocycles. The summed E-state index contributed by atoms with van der Waals surface area (Å²) in [6, 6.07) is 1.25. The van der Waals surface area contributed by atoms with Crippen molar-refractivity contribution in [2.75, 3.05) is 12.3 Å². The third-order valence-corrected chi connectivity index (χ3v) is 7.85. The summed E-state index contributed by atoms with van der Waals surface area (Å²) >= 11 is 6.25. The fourth-order valence-corrected chi connectivity index (χ4v) is 5.75. The van der Waals surface area contributed by atoms with Gasteiger partial charge in [-0.25, -0.2) is 18.5 Å². The second-order valence-corrected chi connectivity index (χ2v) is 11.3. The Morgan fingerprint density at radius 2 is 1.87 bits per heavy atom. The van der Waals surface area contributed by atoms with Crippen molar-refractivity contribution >= 4 is 40.9 Å². The van der Waals surface area contributed by atoms with Gasteiger partial charge in [-0.15, -0.1) is 11.6 Å². The second-order valence-electron chi connectivity index (χ2n) is 6.05. The van der Waals surface area contributed by atoms with E-state index in [1.165, 1.54) is 19.2 Å². The highest BCUT2D eigenvalue weighted by molar-refractivity contribution is 7.66. The zero-order chi connectivity index (χ0) is 23.1. The first-order valence-corrected chi connectivity index (χ1v) is 12.5. The molecule has 172 valence electrons. The Balaban J connectivity index is 2.12. The fraction of sp³-hybridized carbons (Fsp3) is 0.600. The van der Waals surface area contributed by atoms with Gasteiger partial charge in [0.2, 0.25) is 0 Å². The van der Waals surface area contributed by atoms with Crippen molar-refractivity contribution in [1.82, 2.24) is 9.55 Å². The molecule has 0 saturated carbocycles. The number of rotatable bonds is 8. The number of nitrogens with zero attached hydrogens (tertiary/aromatic N) is 2. The van der Waals surface area contributed by atoms with Gasteiger partial charge in [0.1, 0.15) is 22.9 Å². The molecule has 0 spiro atoms. The zero-order valence-electron chi connectivity index (χ0n) is 14.8. The highest BCUT2D eigenvalue weighted by atomic mass is 35.5. The van der Waals surface area contributed by atoms with Gasteiger partial charge in [-0.05, 0) is 13.0 Å². The van der Waals surface area contributed by atoms with E-state index >= 15 is 0 Å². The number of halogens is 1. The highest BCUT2D eigenvalue weighted by Crippen LogP contribution is 2.66. The molecule has 0 aromatic carbocycles. The van der Waals surface area contributed by atoms with Gasteiger partial charge in [-0.1, -0.05) is 0 Å². The Morgan fingerprint density at radius 3 is 2.40 bits per heavy atom. The SMILES string of the molecule is C[C@@]1(Cl)[C@H](O)[C@@H](COP(=O)(O)OP(=O)(O)OP(=O)(O)O)O[C@H]1n1ccc(N)nc1=O. The minimum absolute atomic E-state index is 0.0877. The topological polar surface area (TPSA) is 250 Å². The van der Waals surface area contributed by atoms with Crippen molar-refractivity contribution in [3.8, 4) is 0 Å². The van der Waals surface area contributed by atoms with Crippen molar-refractivity contribution in [1.29, 1.82) is 0 Å². The summed E-state index contributed by atoms with van der Waals surface area (Å²) in [5, 5.41) is 10.3. The van der Waals surface area contributed by atoms with E-state index in [-0.39, 0.29) is 5.82 Å². The lowest BCUT2D eigenvalue weighted by atomic mass is 10.0. The molecular formula is C10H17ClN3O13P3. The van der Waals surface area contributed by atoms with E-state index in [0.29, 0.717) is 0 Å². The molecule has 2 unspecified atom stereocenters. The average Bonchev–Trinajstić information content (AvgIpc) is 2.73. The molecular weight excluding hydrogens is 498 g/mol. The van der Waals surface area contributed by atoms with Crippen LogP contribution in [0.2, 0.25) is 0 Å². The molecule has 1 aliphatic heterocycles. The maximum absolute atomic E-state index is 12.0. The summed E-state index contributed by atoms with van der Waals surface area (Å²) in [6.07, 6.45) is -3.19. The number of aliphatic hydroxyl groups excluding tert-OH is 1. The standard InChI is InChI=1S/C10H17ClN3O13P3/c1-10(11)7(15)5(25-8(10)14-3-2-6(12)13-9(14)16)4-24-29(20,21)27-30(22,23)26-28(17,18)19/h2-3,5,7-8,15H,4H2,1H3,(H,20,21)(H,22,23)(H2,12,13,16)(H2,17,18,19)/t5-,7-,8-,10-/m1/s1. The third-order valence-electron chi connectivity index (χ3n) is 3.64. The molecule has 1 aromatic rings. The molecule has 0 amide bonds. The van der Waals surface area contributed by atoms with Crippen LogP contribution in [-0.2, 0) is 31.6 Å². The first-order valence-electron chi connectivity index (χ1n) is 7.59. The summed E-state index contributed by atoms with van der Waals surface area (Å²) in [5.41, 5.74) is 4.52. The van der Waals surface area contributed by atoms with E-state index in [1.54, 1.807) is 0 Å². The van der Waals surface area contributed by atoms with E-state index in [9.17, 15) is 28.5 Å². The van der Waals surface area contributed by atoms with Gasteiger partial charge in [0.15, 0.2) is 6.23 Å². The Hall–Kier alpha value is -0.700. The van der Waals surface area contributed by atoms with Crippen LogP contribution in [0.3, 0.4) is 0 Å². The molecule has 1 aromatic heterocycles. The maximum Gasteiger partial charge on any atom is 0.490 e. The number of phosphoric acid groups is 3. The minimum atomic E-state index is -5.71. The number of alkyl halides is 1. The van der Waals surface area contributed by atoms with Crippen LogP contribution in [0.5, 0.6) is 0 Å². The molecule has 30 heavy (non-hydrogen) atoms. The van der Waals surface area contributed by atoms with Crippen LogP contribution in [0.25, 0.3) is 0 Å². The molecule has 0 aliphatic carbocycles. The van der Waals surface area contributed by atoms with Gasteiger partial charge < -0.3 is 35.2 Å². The summed E-state index contributed by atoms with van der Waals surface area (Å²) < 4.78 is 51.5. The van der Waals surface area contributed by atoms with Gasteiger partial charge in [-0.3, -0.25) is 9.09 Å². The average molecular weight is 516 g/mol. The van der Waals surface area contributed by atoms with Crippen LogP contribution >= 0.6 is 35.1 Å². The Bertz CT molecular complexity index is 995. The van der Waals surface area contributed by atoms with Gasteiger partial charge in [-0.2, -0.15) is 13.6 Å². The van der Waals surface area contributed by atoms with Crippen molar-refractivity contribution in [2.24, 2.45) is 0 Å². The lowest BCUT2D eigenvalue weighted by Gasteiger charge is -2.26. The number of aliphatic hydroxyl groups is 1. The highest BCUT2D eigenvalue weighted by Gasteiger charge is 2.54. The zero-order valence-corrected chi connectivity index (χ0v) is 18.2. The summed E-state index contributed by atoms with van der Waals surface area (Å²) in [7, 11) is -16.7. The molecule has 0 radical (unpaired) electrons. The second kappa shape index (κ2) is 8.68. The number of aromatic nitrogens is 2. The largest absolute Gasteiger partial charge is 0.490 e. The van der Waals surface area contributed by atoms with Crippen molar-refractivity contribution < 1.29 is 56.3 Å². The normalized spacial score (nSPS) is 31.2. The van der Waals surface area contributed by atoms with Gasteiger partial charge >= 0.3 is 29.2 Å². The van der Waals surface area contributed by atoms with Crippen LogP contribution in [-0.4, -0.2) is 57.9 Å². The molecule has 1 saturated heterocycles. The van der Waals surface area contributed by atoms with E-state index < -0.39 is 59.1 Å². The lowest BCUT2D eigenvalue weighted by Crippen LogP contribution is -2.42. The number of nitrogens with two attached hydrogens (primary N) is 1. The van der Waals surface area contributed by atoms with Crippen LogP contribution in [0.15, 0.2) is 17.1 Å². The Labute approximate surface area is 172 Å². The van der Waals surface area contributed by atoms with E-state index in [1.807, 2.05) is 0 Å². The summed E-state index contributed by atoms with van der Waals surface area (Å²) in [6.45, 7) is 0.332. The maximum atomic E-state index is 12.0. The molecule has 16 nitrogen and oxygen atoms in total. The van der Waals surface area contributed by atoms with Crippen molar-refractivity contribution in [2.45, 2.75) is 30.2 Å². The minimum Gasteiger partial charge on any atom is -0.388 e. The first-order chi connectivity index (χ1) is 13.4. The molecule has 1 fully saturated rings. The van der Waals surface area contributed by atoms with Crippen LogP contribution in [0.1, 0.15) is 13.2 Å². The fourth-order valence-electron chi connectivity index (χ4n) is 2.43. The van der Waals surface area contributed by atoms with Gasteiger partial charge in [0.05, 0.1) is 6.61 Å². The van der Waals surface area contributed by atoms with E-state index in [4.69, 9.17) is 36.8 Å². The lowest BCUT2D eigenvalue weighted by molar-refractivity contribution is -0.0460. The molecule has 7 N–H and O–H groups in total. The molecule has 6 atom stereocenters. The quantitative estimate of drug-likeness (QED) is 0.187. The molecule has 0 bridgehead atoms. The summed E-state index contributed by atoms with van der Waals surface area (Å²) in [5.74, 6) is -0.0877. The molecule has 2 rings (SSSR count). The van der Waals surface area contributed by atoms with Crippen LogP contribution < -0.4 is 11.4 Å².